The Morgan fingerprint density at radius 1 is 1.43 bits per heavy atom. The van der Waals surface area contributed by atoms with Crippen LogP contribution in [0.1, 0.15) is 33.1 Å². The van der Waals surface area contributed by atoms with Gasteiger partial charge in [-0.05, 0) is 62.7 Å². The van der Waals surface area contributed by atoms with Crippen molar-refractivity contribution in [2.75, 3.05) is 26.2 Å². The maximum absolute atomic E-state index is 3.60. The third-order valence-corrected chi connectivity index (χ3v) is 4.00. The van der Waals surface area contributed by atoms with Gasteiger partial charge in [0.15, 0.2) is 0 Å². The third kappa shape index (κ3) is 2.71. The first kappa shape index (κ1) is 10.4. The van der Waals surface area contributed by atoms with E-state index in [1.54, 1.807) is 0 Å². The molecule has 0 aromatic rings. The number of hydrogen-bond donors (Lipinski definition) is 2. The minimum atomic E-state index is 0.641. The Labute approximate surface area is 87.8 Å². The molecule has 0 amide bonds. The number of rotatable bonds is 5. The van der Waals surface area contributed by atoms with Crippen LogP contribution in [-0.4, -0.2) is 26.2 Å². The van der Waals surface area contributed by atoms with Gasteiger partial charge < -0.3 is 10.6 Å². The molecular weight excluding hydrogens is 172 g/mol. The van der Waals surface area contributed by atoms with Crippen LogP contribution >= 0.6 is 0 Å². The predicted molar refractivity (Wildman–Crippen MR) is 60.4 cm³/mol. The van der Waals surface area contributed by atoms with Gasteiger partial charge in [-0.15, -0.1) is 0 Å². The molecule has 82 valence electrons. The SMILES string of the molecule is CC1(C)CC1CNCCC1CCNC1. The largest absolute Gasteiger partial charge is 0.316 e. The molecule has 0 bridgehead atoms. The number of nitrogens with one attached hydrogen (secondary N) is 2. The van der Waals surface area contributed by atoms with Gasteiger partial charge >= 0.3 is 0 Å². The highest BCUT2D eigenvalue weighted by atomic mass is 14.9. The molecule has 1 heterocycles. The lowest BCUT2D eigenvalue weighted by atomic mass is 10.1. The fraction of sp³-hybridized carbons (Fsp3) is 1.00. The van der Waals surface area contributed by atoms with Crippen LogP contribution in [0, 0.1) is 17.3 Å². The minimum absolute atomic E-state index is 0.641. The van der Waals surface area contributed by atoms with E-state index in [0.717, 1.165) is 11.8 Å². The average Bonchev–Trinajstić information content (AvgIpc) is 2.60. The van der Waals surface area contributed by atoms with Gasteiger partial charge in [0.25, 0.3) is 0 Å². The van der Waals surface area contributed by atoms with E-state index < -0.39 is 0 Å². The third-order valence-electron chi connectivity index (χ3n) is 4.00. The van der Waals surface area contributed by atoms with Gasteiger partial charge in [0.2, 0.25) is 0 Å². The van der Waals surface area contributed by atoms with Crippen molar-refractivity contribution in [3.05, 3.63) is 0 Å². The molecular formula is C12H24N2. The van der Waals surface area contributed by atoms with Crippen LogP contribution in [0.2, 0.25) is 0 Å². The monoisotopic (exact) mass is 196 g/mol. The van der Waals surface area contributed by atoms with E-state index in [0.29, 0.717) is 5.41 Å². The van der Waals surface area contributed by atoms with Gasteiger partial charge in [-0.25, -0.2) is 0 Å². The van der Waals surface area contributed by atoms with Crippen molar-refractivity contribution in [3.63, 3.8) is 0 Å². The molecule has 2 heteroatoms. The Morgan fingerprint density at radius 3 is 2.79 bits per heavy atom. The predicted octanol–water partition coefficient (Wildman–Crippen LogP) is 1.62. The van der Waals surface area contributed by atoms with E-state index in [9.17, 15) is 0 Å². The van der Waals surface area contributed by atoms with E-state index in [-0.39, 0.29) is 0 Å². The highest BCUT2D eigenvalue weighted by Gasteiger charge is 2.44. The summed E-state index contributed by atoms with van der Waals surface area (Å²) >= 11 is 0. The molecule has 1 saturated heterocycles. The molecule has 1 saturated carbocycles. The van der Waals surface area contributed by atoms with Gasteiger partial charge in [0.1, 0.15) is 0 Å². The lowest BCUT2D eigenvalue weighted by Crippen LogP contribution is -2.22. The van der Waals surface area contributed by atoms with Crippen molar-refractivity contribution < 1.29 is 0 Å². The molecule has 0 aromatic heterocycles. The first-order valence-corrected chi connectivity index (χ1v) is 6.10. The Balaban J connectivity index is 1.48. The molecule has 2 nitrogen and oxygen atoms in total. The zero-order valence-corrected chi connectivity index (χ0v) is 9.60. The van der Waals surface area contributed by atoms with Crippen molar-refractivity contribution in [2.45, 2.75) is 33.1 Å². The van der Waals surface area contributed by atoms with E-state index in [1.165, 1.54) is 45.4 Å². The first-order chi connectivity index (χ1) is 6.68. The molecule has 2 fully saturated rings. The molecule has 14 heavy (non-hydrogen) atoms. The molecule has 2 rings (SSSR count). The summed E-state index contributed by atoms with van der Waals surface area (Å²) in [4.78, 5) is 0. The highest BCUT2D eigenvalue weighted by Crippen LogP contribution is 2.50. The van der Waals surface area contributed by atoms with Gasteiger partial charge in [-0.2, -0.15) is 0 Å². The molecule has 2 aliphatic rings. The summed E-state index contributed by atoms with van der Waals surface area (Å²) in [6.07, 6.45) is 4.17. The molecule has 2 N–H and O–H groups in total. The average molecular weight is 196 g/mol. The van der Waals surface area contributed by atoms with Crippen LogP contribution in [0.5, 0.6) is 0 Å². The standard InChI is InChI=1S/C12H24N2/c1-12(2)7-11(12)9-14-6-4-10-3-5-13-8-10/h10-11,13-14H,3-9H2,1-2H3. The molecule has 2 atom stereocenters. The Kier molecular flexibility index (Phi) is 3.13. The summed E-state index contributed by atoms with van der Waals surface area (Å²) in [6.45, 7) is 9.70. The van der Waals surface area contributed by atoms with Gasteiger partial charge in [-0.1, -0.05) is 13.8 Å². The van der Waals surface area contributed by atoms with Crippen LogP contribution in [0.3, 0.4) is 0 Å². The minimum Gasteiger partial charge on any atom is -0.316 e. The van der Waals surface area contributed by atoms with E-state index in [2.05, 4.69) is 24.5 Å². The number of hydrogen-bond acceptors (Lipinski definition) is 2. The smallest absolute Gasteiger partial charge is 0.00152 e. The van der Waals surface area contributed by atoms with Crippen LogP contribution in [0.4, 0.5) is 0 Å². The Bertz CT molecular complexity index is 176. The second kappa shape index (κ2) is 4.19. The van der Waals surface area contributed by atoms with Crippen LogP contribution < -0.4 is 10.6 Å². The highest BCUT2D eigenvalue weighted by molar-refractivity contribution is 4.96. The van der Waals surface area contributed by atoms with Gasteiger partial charge in [0.05, 0.1) is 0 Å². The first-order valence-electron chi connectivity index (χ1n) is 6.10. The Hall–Kier alpha value is -0.0800. The quantitative estimate of drug-likeness (QED) is 0.653. The van der Waals surface area contributed by atoms with Crippen molar-refractivity contribution >= 4 is 0 Å². The fourth-order valence-corrected chi connectivity index (χ4v) is 2.47. The topological polar surface area (TPSA) is 24.1 Å². The van der Waals surface area contributed by atoms with Crippen LogP contribution in [-0.2, 0) is 0 Å². The summed E-state index contributed by atoms with van der Waals surface area (Å²) in [7, 11) is 0. The summed E-state index contributed by atoms with van der Waals surface area (Å²) in [6, 6.07) is 0. The van der Waals surface area contributed by atoms with Crippen molar-refractivity contribution in [1.82, 2.24) is 10.6 Å². The second-order valence-corrected chi connectivity index (χ2v) is 5.74. The molecule has 0 aromatic carbocycles. The molecule has 0 spiro atoms. The van der Waals surface area contributed by atoms with Crippen molar-refractivity contribution in [1.29, 1.82) is 0 Å². The van der Waals surface area contributed by atoms with Crippen LogP contribution in [0.25, 0.3) is 0 Å². The maximum atomic E-state index is 3.60. The summed E-state index contributed by atoms with van der Waals surface area (Å²) in [5, 5.41) is 7.02. The molecule has 1 aliphatic carbocycles. The summed E-state index contributed by atoms with van der Waals surface area (Å²) in [5.41, 5.74) is 0.641. The lowest BCUT2D eigenvalue weighted by Gasteiger charge is -2.09. The van der Waals surface area contributed by atoms with Crippen LogP contribution in [0.15, 0.2) is 0 Å². The summed E-state index contributed by atoms with van der Waals surface area (Å²) < 4.78 is 0. The maximum Gasteiger partial charge on any atom is -0.00152 e. The molecule has 2 unspecified atom stereocenters. The molecule has 1 aliphatic heterocycles. The van der Waals surface area contributed by atoms with Crippen molar-refractivity contribution in [2.24, 2.45) is 17.3 Å². The summed E-state index contributed by atoms with van der Waals surface area (Å²) in [5.74, 6) is 1.89. The zero-order valence-electron chi connectivity index (χ0n) is 9.60. The van der Waals surface area contributed by atoms with Gasteiger partial charge in [0, 0.05) is 0 Å². The van der Waals surface area contributed by atoms with E-state index in [1.807, 2.05) is 0 Å². The molecule has 0 radical (unpaired) electrons. The zero-order chi connectivity index (χ0) is 10.0. The second-order valence-electron chi connectivity index (χ2n) is 5.74. The van der Waals surface area contributed by atoms with Gasteiger partial charge in [-0.3, -0.25) is 0 Å². The fourth-order valence-electron chi connectivity index (χ4n) is 2.47. The van der Waals surface area contributed by atoms with E-state index >= 15 is 0 Å². The van der Waals surface area contributed by atoms with E-state index in [4.69, 9.17) is 0 Å². The van der Waals surface area contributed by atoms with Crippen molar-refractivity contribution in [3.8, 4) is 0 Å². The normalized spacial score (nSPS) is 34.7. The lowest BCUT2D eigenvalue weighted by molar-refractivity contribution is 0.471. The Morgan fingerprint density at radius 2 is 2.21 bits per heavy atom.